The number of hydrogen-bond donors (Lipinski definition) is 0. The highest BCUT2D eigenvalue weighted by Crippen LogP contribution is 2.41. The monoisotopic (exact) mass is 332 g/mol. The van der Waals surface area contributed by atoms with Gasteiger partial charge in [0.1, 0.15) is 5.82 Å². The second kappa shape index (κ2) is 5.09. The van der Waals surface area contributed by atoms with Gasteiger partial charge in [-0.3, -0.25) is 0 Å². The molecule has 0 N–H and O–H groups in total. The maximum atomic E-state index is 13.3. The summed E-state index contributed by atoms with van der Waals surface area (Å²) >= 11 is 9.95. The Labute approximate surface area is 134 Å². The minimum absolute atomic E-state index is 0.193. The first-order valence-electron chi connectivity index (χ1n) is 6.51. The summed E-state index contributed by atoms with van der Waals surface area (Å²) in [4.78, 5) is 1.06. The molecule has 0 aliphatic carbocycles. The first-order valence-corrected chi connectivity index (χ1v) is 8.65. The zero-order chi connectivity index (χ0) is 14.4. The quantitative estimate of drug-likeness (QED) is 0.363. The molecule has 0 aliphatic rings. The van der Waals surface area contributed by atoms with Gasteiger partial charge in [0.2, 0.25) is 0 Å². The van der Waals surface area contributed by atoms with Crippen LogP contribution >= 0.6 is 34.3 Å². The van der Waals surface area contributed by atoms with Crippen molar-refractivity contribution in [2.45, 2.75) is 5.38 Å². The average Bonchev–Trinajstić information content (AvgIpc) is 3.09. The van der Waals surface area contributed by atoms with Gasteiger partial charge in [0.15, 0.2) is 0 Å². The molecule has 21 heavy (non-hydrogen) atoms. The molecule has 0 nitrogen and oxygen atoms in total. The lowest BCUT2D eigenvalue weighted by Crippen LogP contribution is -1.87. The highest BCUT2D eigenvalue weighted by atomic mass is 35.5. The van der Waals surface area contributed by atoms with Crippen molar-refractivity contribution in [3.8, 4) is 0 Å². The third kappa shape index (κ3) is 2.26. The van der Waals surface area contributed by atoms with Gasteiger partial charge in [0.05, 0.1) is 5.38 Å². The van der Waals surface area contributed by atoms with Gasteiger partial charge in [-0.2, -0.15) is 0 Å². The molecule has 4 rings (SSSR count). The second-order valence-electron chi connectivity index (χ2n) is 4.88. The van der Waals surface area contributed by atoms with Crippen molar-refractivity contribution in [2.75, 3.05) is 0 Å². The maximum Gasteiger partial charge on any atom is 0.124 e. The molecular formula is C17H10ClFS2. The summed E-state index contributed by atoms with van der Waals surface area (Å²) < 4.78 is 15.5. The molecule has 2 aromatic carbocycles. The predicted molar refractivity (Wildman–Crippen MR) is 91.3 cm³/mol. The lowest BCUT2D eigenvalue weighted by molar-refractivity contribution is 0.630. The van der Waals surface area contributed by atoms with Crippen LogP contribution in [0.1, 0.15) is 15.8 Å². The van der Waals surface area contributed by atoms with Crippen molar-refractivity contribution in [3.63, 3.8) is 0 Å². The highest BCUT2D eigenvalue weighted by molar-refractivity contribution is 7.19. The summed E-state index contributed by atoms with van der Waals surface area (Å²) in [5, 5.41) is 4.17. The van der Waals surface area contributed by atoms with Crippen molar-refractivity contribution in [1.82, 2.24) is 0 Å². The number of thiophene rings is 2. The van der Waals surface area contributed by atoms with Crippen molar-refractivity contribution in [2.24, 2.45) is 0 Å². The Kier molecular flexibility index (Phi) is 3.21. The number of halogens is 2. The molecule has 0 spiro atoms. The van der Waals surface area contributed by atoms with Crippen molar-refractivity contribution < 1.29 is 4.39 Å². The molecule has 104 valence electrons. The van der Waals surface area contributed by atoms with E-state index >= 15 is 0 Å². The standard InChI is InChI=1S/C17H10ClFS2/c18-17(13-9-20-14-4-2-1-3-12(13)14)16-7-10-5-6-11(19)8-15(10)21-16/h1-9,17H. The zero-order valence-electron chi connectivity index (χ0n) is 10.8. The SMILES string of the molecule is Fc1ccc2cc(C(Cl)c3csc4ccccc34)sc2c1. The van der Waals surface area contributed by atoms with Crippen LogP contribution in [0.3, 0.4) is 0 Å². The van der Waals surface area contributed by atoms with Crippen molar-refractivity contribution in [1.29, 1.82) is 0 Å². The van der Waals surface area contributed by atoms with Crippen LogP contribution in [-0.2, 0) is 0 Å². The van der Waals surface area contributed by atoms with Crippen LogP contribution in [0.2, 0.25) is 0 Å². The fourth-order valence-electron chi connectivity index (χ4n) is 2.50. The fraction of sp³-hybridized carbons (Fsp3) is 0.0588. The van der Waals surface area contributed by atoms with E-state index in [-0.39, 0.29) is 11.2 Å². The van der Waals surface area contributed by atoms with E-state index in [1.807, 2.05) is 12.1 Å². The van der Waals surface area contributed by atoms with E-state index in [0.717, 1.165) is 20.5 Å². The molecule has 1 atom stereocenters. The number of alkyl halides is 1. The average molecular weight is 333 g/mol. The molecule has 0 amide bonds. The van der Waals surface area contributed by atoms with Crippen LogP contribution in [0, 0.1) is 5.82 Å². The summed E-state index contributed by atoms with van der Waals surface area (Å²) in [7, 11) is 0. The number of fused-ring (bicyclic) bond motifs is 2. The Morgan fingerprint density at radius 3 is 2.76 bits per heavy atom. The number of benzene rings is 2. The zero-order valence-corrected chi connectivity index (χ0v) is 13.2. The largest absolute Gasteiger partial charge is 0.207 e. The van der Waals surface area contributed by atoms with Gasteiger partial charge in [0, 0.05) is 14.3 Å². The minimum atomic E-state index is -0.206. The Hall–Kier alpha value is -1.42. The van der Waals surface area contributed by atoms with Gasteiger partial charge < -0.3 is 0 Å². The van der Waals surface area contributed by atoms with Crippen LogP contribution in [-0.4, -0.2) is 0 Å². The Morgan fingerprint density at radius 2 is 1.86 bits per heavy atom. The van der Waals surface area contributed by atoms with E-state index in [9.17, 15) is 4.39 Å². The third-order valence-corrected chi connectivity index (χ3v) is 6.28. The summed E-state index contributed by atoms with van der Waals surface area (Å²) in [6.45, 7) is 0. The first kappa shape index (κ1) is 13.3. The molecule has 4 aromatic rings. The molecular weight excluding hydrogens is 323 g/mol. The van der Waals surface area contributed by atoms with E-state index in [1.54, 1.807) is 34.8 Å². The molecule has 4 heteroatoms. The van der Waals surface area contributed by atoms with Crippen molar-refractivity contribution >= 4 is 54.4 Å². The van der Waals surface area contributed by atoms with Gasteiger partial charge in [-0.1, -0.05) is 24.3 Å². The normalized spacial score (nSPS) is 13.0. The van der Waals surface area contributed by atoms with E-state index in [0.29, 0.717) is 0 Å². The smallest absolute Gasteiger partial charge is 0.124 e. The van der Waals surface area contributed by atoms with Crippen molar-refractivity contribution in [3.05, 3.63) is 70.2 Å². The molecule has 2 heterocycles. The maximum absolute atomic E-state index is 13.3. The Morgan fingerprint density at radius 1 is 1.00 bits per heavy atom. The van der Waals surface area contributed by atoms with Gasteiger partial charge in [-0.25, -0.2) is 4.39 Å². The molecule has 0 fully saturated rings. The third-order valence-electron chi connectivity index (χ3n) is 3.53. The van der Waals surface area contributed by atoms with E-state index in [1.165, 1.54) is 16.2 Å². The van der Waals surface area contributed by atoms with E-state index < -0.39 is 0 Å². The second-order valence-corrected chi connectivity index (χ2v) is 7.34. The molecule has 1 unspecified atom stereocenters. The number of hydrogen-bond acceptors (Lipinski definition) is 2. The van der Waals surface area contributed by atoms with Crippen LogP contribution in [0.15, 0.2) is 53.9 Å². The van der Waals surface area contributed by atoms with Gasteiger partial charge in [-0.15, -0.1) is 34.3 Å². The molecule has 0 saturated heterocycles. The predicted octanol–water partition coefficient (Wildman–Crippen LogP) is 6.58. The molecule has 0 bridgehead atoms. The van der Waals surface area contributed by atoms with Crippen LogP contribution in [0.25, 0.3) is 20.2 Å². The van der Waals surface area contributed by atoms with Crippen LogP contribution < -0.4 is 0 Å². The van der Waals surface area contributed by atoms with Gasteiger partial charge >= 0.3 is 0 Å². The summed E-state index contributed by atoms with van der Waals surface area (Å²) in [6, 6.07) is 15.2. The highest BCUT2D eigenvalue weighted by Gasteiger charge is 2.18. The lowest BCUT2D eigenvalue weighted by Gasteiger charge is -2.05. The molecule has 0 saturated carbocycles. The van der Waals surface area contributed by atoms with E-state index in [2.05, 4.69) is 23.6 Å². The Balaban J connectivity index is 1.83. The Bertz CT molecular complexity index is 938. The molecule has 2 aromatic heterocycles. The topological polar surface area (TPSA) is 0 Å². The first-order chi connectivity index (χ1) is 10.2. The van der Waals surface area contributed by atoms with Gasteiger partial charge in [0.25, 0.3) is 0 Å². The summed E-state index contributed by atoms with van der Waals surface area (Å²) in [5.74, 6) is -0.206. The van der Waals surface area contributed by atoms with E-state index in [4.69, 9.17) is 11.6 Å². The molecule has 0 radical (unpaired) electrons. The van der Waals surface area contributed by atoms with Gasteiger partial charge in [-0.05, 0) is 46.0 Å². The summed E-state index contributed by atoms with van der Waals surface area (Å²) in [5.41, 5.74) is 1.13. The fourth-order valence-corrected chi connectivity index (χ4v) is 5.02. The minimum Gasteiger partial charge on any atom is -0.207 e. The van der Waals surface area contributed by atoms with Crippen LogP contribution in [0.5, 0.6) is 0 Å². The summed E-state index contributed by atoms with van der Waals surface area (Å²) in [6.07, 6.45) is 0. The van der Waals surface area contributed by atoms with Crippen LogP contribution in [0.4, 0.5) is 4.39 Å². The lowest BCUT2D eigenvalue weighted by atomic mass is 10.1. The molecule has 0 aliphatic heterocycles. The number of rotatable bonds is 2.